The number of phenolic OH excluding ortho intramolecular Hbond substituents is 1. The Morgan fingerprint density at radius 3 is 2.77 bits per heavy atom. The van der Waals surface area contributed by atoms with Gasteiger partial charge in [0.1, 0.15) is 11.4 Å². The highest BCUT2D eigenvalue weighted by molar-refractivity contribution is 5.73. The number of benzene rings is 1. The zero-order chi connectivity index (χ0) is 17.9. The van der Waals surface area contributed by atoms with Crippen molar-refractivity contribution in [2.24, 2.45) is 0 Å². The molecule has 1 aliphatic rings. The van der Waals surface area contributed by atoms with Gasteiger partial charge < -0.3 is 15.3 Å². The van der Waals surface area contributed by atoms with Crippen LogP contribution in [0, 0.1) is 0 Å². The Balaban J connectivity index is 1.55. The van der Waals surface area contributed by atoms with E-state index in [4.69, 9.17) is 0 Å². The van der Waals surface area contributed by atoms with E-state index < -0.39 is 0 Å². The first-order valence-corrected chi connectivity index (χ1v) is 8.68. The van der Waals surface area contributed by atoms with E-state index in [2.05, 4.69) is 35.6 Å². The standard InChI is InChI=1S/C18H21N7O/c1-25(14-3-2-6-19-10-14)18-20-11-16(23-24-18)15-5-4-12(7-17(15)26)13-8-21-22-9-13/h4-5,7-9,11,14,19,26H,2-3,6,10H2,1H3,(H,21,22). The van der Waals surface area contributed by atoms with Crippen molar-refractivity contribution in [3.8, 4) is 28.1 Å². The molecule has 8 nitrogen and oxygen atoms in total. The molecule has 134 valence electrons. The fourth-order valence-corrected chi connectivity index (χ4v) is 3.22. The number of aromatic hydroxyl groups is 1. The summed E-state index contributed by atoms with van der Waals surface area (Å²) in [6.45, 7) is 1.99. The third kappa shape index (κ3) is 3.23. The lowest BCUT2D eigenvalue weighted by molar-refractivity contribution is 0.440. The average Bonchev–Trinajstić information content (AvgIpc) is 3.23. The Morgan fingerprint density at radius 2 is 2.12 bits per heavy atom. The monoisotopic (exact) mass is 351 g/mol. The second kappa shape index (κ2) is 7.09. The number of rotatable bonds is 4. The van der Waals surface area contributed by atoms with Gasteiger partial charge in [-0.2, -0.15) is 5.10 Å². The first-order valence-electron chi connectivity index (χ1n) is 8.68. The molecular formula is C18H21N7O. The Kier molecular flexibility index (Phi) is 4.49. The summed E-state index contributed by atoms with van der Waals surface area (Å²) >= 11 is 0. The zero-order valence-electron chi connectivity index (χ0n) is 14.6. The summed E-state index contributed by atoms with van der Waals surface area (Å²) in [4.78, 5) is 6.50. The van der Waals surface area contributed by atoms with Gasteiger partial charge >= 0.3 is 0 Å². The van der Waals surface area contributed by atoms with Gasteiger partial charge in [-0.15, -0.1) is 10.2 Å². The molecule has 0 saturated carbocycles. The third-order valence-corrected chi connectivity index (χ3v) is 4.79. The van der Waals surface area contributed by atoms with Crippen LogP contribution in [0.1, 0.15) is 12.8 Å². The first kappa shape index (κ1) is 16.5. The van der Waals surface area contributed by atoms with Crippen LogP contribution < -0.4 is 10.2 Å². The minimum absolute atomic E-state index is 0.136. The van der Waals surface area contributed by atoms with Gasteiger partial charge in [-0.25, -0.2) is 4.98 Å². The van der Waals surface area contributed by atoms with Crippen LogP contribution in [-0.4, -0.2) is 56.7 Å². The van der Waals surface area contributed by atoms with Gasteiger partial charge in [0.2, 0.25) is 5.95 Å². The number of likely N-dealkylation sites (N-methyl/N-ethyl adjacent to an activating group) is 1. The van der Waals surface area contributed by atoms with E-state index in [1.54, 1.807) is 24.7 Å². The number of H-pyrrole nitrogens is 1. The van der Waals surface area contributed by atoms with Crippen molar-refractivity contribution < 1.29 is 5.11 Å². The van der Waals surface area contributed by atoms with E-state index in [9.17, 15) is 5.11 Å². The molecule has 0 bridgehead atoms. The maximum absolute atomic E-state index is 10.4. The highest BCUT2D eigenvalue weighted by atomic mass is 16.3. The summed E-state index contributed by atoms with van der Waals surface area (Å²) < 4.78 is 0. The number of phenols is 1. The van der Waals surface area contributed by atoms with Gasteiger partial charge in [0.05, 0.1) is 12.4 Å². The molecule has 0 amide bonds. The molecule has 1 aliphatic heterocycles. The number of piperidine rings is 1. The van der Waals surface area contributed by atoms with Crippen molar-refractivity contribution >= 4 is 5.95 Å². The predicted octanol–water partition coefficient (Wildman–Crippen LogP) is 1.82. The van der Waals surface area contributed by atoms with E-state index in [0.717, 1.165) is 37.1 Å². The van der Waals surface area contributed by atoms with Gasteiger partial charge in [-0.3, -0.25) is 5.10 Å². The van der Waals surface area contributed by atoms with Crippen LogP contribution in [0.4, 0.5) is 5.95 Å². The summed E-state index contributed by atoms with van der Waals surface area (Å²) in [5.74, 6) is 0.731. The van der Waals surface area contributed by atoms with Crippen LogP contribution in [0.15, 0.2) is 36.8 Å². The molecule has 3 aromatic rings. The topological polar surface area (TPSA) is 103 Å². The highest BCUT2D eigenvalue weighted by Crippen LogP contribution is 2.31. The normalized spacial score (nSPS) is 17.2. The molecule has 2 aromatic heterocycles. The van der Waals surface area contributed by atoms with E-state index >= 15 is 0 Å². The molecule has 1 saturated heterocycles. The molecule has 0 aliphatic carbocycles. The number of anilines is 1. The molecule has 0 spiro atoms. The number of hydrogen-bond acceptors (Lipinski definition) is 7. The molecule has 3 heterocycles. The number of nitrogens with zero attached hydrogens (tertiary/aromatic N) is 5. The molecule has 1 fully saturated rings. The van der Waals surface area contributed by atoms with Crippen LogP contribution in [0.2, 0.25) is 0 Å². The smallest absolute Gasteiger partial charge is 0.245 e. The molecule has 1 atom stereocenters. The highest BCUT2D eigenvalue weighted by Gasteiger charge is 2.20. The molecular weight excluding hydrogens is 330 g/mol. The van der Waals surface area contributed by atoms with Gasteiger partial charge in [-0.1, -0.05) is 6.07 Å². The van der Waals surface area contributed by atoms with Gasteiger partial charge in [0, 0.05) is 37.0 Å². The largest absolute Gasteiger partial charge is 0.507 e. The number of aromatic amines is 1. The van der Waals surface area contributed by atoms with Gasteiger partial charge in [0.15, 0.2) is 0 Å². The fourth-order valence-electron chi connectivity index (χ4n) is 3.22. The lowest BCUT2D eigenvalue weighted by atomic mass is 10.0. The summed E-state index contributed by atoms with van der Waals surface area (Å²) in [6, 6.07) is 5.79. The molecule has 4 rings (SSSR count). The van der Waals surface area contributed by atoms with Crippen molar-refractivity contribution in [1.82, 2.24) is 30.7 Å². The summed E-state index contributed by atoms with van der Waals surface area (Å²) in [7, 11) is 1.99. The SMILES string of the molecule is CN(c1ncc(-c2ccc(-c3cn[nH]c3)cc2O)nn1)C1CCCNC1. The van der Waals surface area contributed by atoms with Crippen molar-refractivity contribution in [3.63, 3.8) is 0 Å². The molecule has 26 heavy (non-hydrogen) atoms. The number of hydrogen-bond donors (Lipinski definition) is 3. The third-order valence-electron chi connectivity index (χ3n) is 4.79. The van der Waals surface area contributed by atoms with E-state index in [0.29, 0.717) is 23.2 Å². The van der Waals surface area contributed by atoms with Crippen LogP contribution in [0.3, 0.4) is 0 Å². The molecule has 0 radical (unpaired) electrons. The minimum Gasteiger partial charge on any atom is -0.507 e. The molecule has 8 heteroatoms. The molecule has 1 unspecified atom stereocenters. The number of nitrogens with one attached hydrogen (secondary N) is 2. The van der Waals surface area contributed by atoms with E-state index in [-0.39, 0.29) is 5.75 Å². The predicted molar refractivity (Wildman–Crippen MR) is 98.8 cm³/mol. The quantitative estimate of drug-likeness (QED) is 0.659. The number of aromatic nitrogens is 5. The summed E-state index contributed by atoms with van der Waals surface area (Å²) in [6.07, 6.45) is 7.41. The maximum atomic E-state index is 10.4. The molecule has 3 N–H and O–H groups in total. The van der Waals surface area contributed by atoms with Crippen molar-refractivity contribution in [2.45, 2.75) is 18.9 Å². The Hall–Kier alpha value is -3.00. The Bertz CT molecular complexity index is 858. The van der Waals surface area contributed by atoms with Crippen LogP contribution in [-0.2, 0) is 0 Å². The average molecular weight is 351 g/mol. The summed E-state index contributed by atoms with van der Waals surface area (Å²) in [5, 5.41) is 29.0. The second-order valence-corrected chi connectivity index (χ2v) is 6.47. The van der Waals surface area contributed by atoms with Crippen LogP contribution >= 0.6 is 0 Å². The Morgan fingerprint density at radius 1 is 1.19 bits per heavy atom. The van der Waals surface area contributed by atoms with Gasteiger partial charge in [0.25, 0.3) is 0 Å². The lowest BCUT2D eigenvalue weighted by Crippen LogP contribution is -2.44. The lowest BCUT2D eigenvalue weighted by Gasteiger charge is -2.31. The second-order valence-electron chi connectivity index (χ2n) is 6.47. The fraction of sp³-hybridized carbons (Fsp3) is 0.333. The van der Waals surface area contributed by atoms with Crippen molar-refractivity contribution in [3.05, 3.63) is 36.8 Å². The zero-order valence-corrected chi connectivity index (χ0v) is 14.6. The van der Waals surface area contributed by atoms with Gasteiger partial charge in [-0.05, 0) is 37.1 Å². The van der Waals surface area contributed by atoms with Crippen LogP contribution in [0.25, 0.3) is 22.4 Å². The van der Waals surface area contributed by atoms with E-state index in [1.807, 2.05) is 19.2 Å². The van der Waals surface area contributed by atoms with Crippen molar-refractivity contribution in [2.75, 3.05) is 25.0 Å². The van der Waals surface area contributed by atoms with Crippen molar-refractivity contribution in [1.29, 1.82) is 0 Å². The summed E-state index contributed by atoms with van der Waals surface area (Å²) in [5.41, 5.74) is 2.93. The van der Waals surface area contributed by atoms with E-state index in [1.165, 1.54) is 0 Å². The Labute approximate surface area is 151 Å². The molecule has 1 aromatic carbocycles. The maximum Gasteiger partial charge on any atom is 0.245 e. The first-order chi connectivity index (χ1) is 12.7. The minimum atomic E-state index is 0.136. The van der Waals surface area contributed by atoms with Crippen LogP contribution in [0.5, 0.6) is 5.75 Å².